The summed E-state index contributed by atoms with van der Waals surface area (Å²) < 4.78 is 5.03. The standard InChI is InChI=1S/C14H21NO2/c1-5-17-14(16)13(15-4)12-8-6-11(7-9-12)10(2)3/h6-10,13,15H,5H2,1-4H3. The fraction of sp³-hybridized carbons (Fsp3) is 0.500. The van der Waals surface area contributed by atoms with Gasteiger partial charge in [-0.15, -0.1) is 0 Å². The molecule has 0 amide bonds. The minimum Gasteiger partial charge on any atom is -0.465 e. The molecule has 0 spiro atoms. The van der Waals surface area contributed by atoms with E-state index in [4.69, 9.17) is 4.74 Å². The highest BCUT2D eigenvalue weighted by molar-refractivity contribution is 5.77. The first-order chi connectivity index (χ1) is 8.10. The van der Waals surface area contributed by atoms with Crippen molar-refractivity contribution in [1.82, 2.24) is 5.32 Å². The molecule has 0 saturated heterocycles. The Morgan fingerprint density at radius 2 is 1.76 bits per heavy atom. The summed E-state index contributed by atoms with van der Waals surface area (Å²) in [5.41, 5.74) is 2.21. The Kier molecular flexibility index (Phi) is 5.16. The molecule has 1 rings (SSSR count). The molecular formula is C14H21NO2. The Hall–Kier alpha value is -1.35. The zero-order valence-corrected chi connectivity index (χ0v) is 11.0. The Morgan fingerprint density at radius 3 is 2.18 bits per heavy atom. The molecule has 0 bridgehead atoms. The molecule has 0 fully saturated rings. The van der Waals surface area contributed by atoms with Gasteiger partial charge in [0.25, 0.3) is 0 Å². The molecule has 1 aromatic carbocycles. The zero-order valence-electron chi connectivity index (χ0n) is 11.0. The van der Waals surface area contributed by atoms with E-state index in [1.807, 2.05) is 19.1 Å². The monoisotopic (exact) mass is 235 g/mol. The van der Waals surface area contributed by atoms with Crippen molar-refractivity contribution >= 4 is 5.97 Å². The van der Waals surface area contributed by atoms with Crippen molar-refractivity contribution in [1.29, 1.82) is 0 Å². The van der Waals surface area contributed by atoms with Crippen LogP contribution in [0.5, 0.6) is 0 Å². The summed E-state index contributed by atoms with van der Waals surface area (Å²) in [5, 5.41) is 2.98. The number of benzene rings is 1. The van der Waals surface area contributed by atoms with E-state index in [0.29, 0.717) is 12.5 Å². The van der Waals surface area contributed by atoms with Crippen molar-refractivity contribution in [2.45, 2.75) is 32.7 Å². The number of likely N-dealkylation sites (N-methyl/N-ethyl adjacent to an activating group) is 1. The Labute approximate surface area is 103 Å². The number of hydrogen-bond donors (Lipinski definition) is 1. The van der Waals surface area contributed by atoms with Gasteiger partial charge in [0.15, 0.2) is 0 Å². The maximum absolute atomic E-state index is 11.7. The lowest BCUT2D eigenvalue weighted by atomic mass is 9.99. The van der Waals surface area contributed by atoms with E-state index >= 15 is 0 Å². The van der Waals surface area contributed by atoms with Crippen LogP contribution in [0.1, 0.15) is 43.9 Å². The highest BCUT2D eigenvalue weighted by Gasteiger charge is 2.19. The molecule has 3 nitrogen and oxygen atoms in total. The predicted octanol–water partition coefficient (Wildman–Crippen LogP) is 2.63. The summed E-state index contributed by atoms with van der Waals surface area (Å²) in [7, 11) is 1.76. The van der Waals surface area contributed by atoms with Crippen LogP contribution in [-0.4, -0.2) is 19.6 Å². The minimum atomic E-state index is -0.379. The third-order valence-corrected chi connectivity index (χ3v) is 2.75. The summed E-state index contributed by atoms with van der Waals surface area (Å²) in [6.45, 7) is 6.51. The maximum atomic E-state index is 11.7. The maximum Gasteiger partial charge on any atom is 0.327 e. The lowest BCUT2D eigenvalue weighted by Crippen LogP contribution is -2.27. The second-order valence-electron chi connectivity index (χ2n) is 4.30. The first-order valence-electron chi connectivity index (χ1n) is 6.03. The van der Waals surface area contributed by atoms with Crippen molar-refractivity contribution in [3.63, 3.8) is 0 Å². The SMILES string of the molecule is CCOC(=O)C(NC)c1ccc(C(C)C)cc1. The Balaban J connectivity index is 2.85. The molecule has 0 aliphatic heterocycles. The third kappa shape index (κ3) is 3.56. The van der Waals surface area contributed by atoms with Crippen molar-refractivity contribution in [3.05, 3.63) is 35.4 Å². The van der Waals surface area contributed by atoms with Gasteiger partial charge in [-0.1, -0.05) is 38.1 Å². The van der Waals surface area contributed by atoms with Crippen molar-refractivity contribution in [3.8, 4) is 0 Å². The van der Waals surface area contributed by atoms with E-state index in [2.05, 4.69) is 31.3 Å². The van der Waals surface area contributed by atoms with Gasteiger partial charge in [-0.05, 0) is 31.0 Å². The van der Waals surface area contributed by atoms with Gasteiger partial charge < -0.3 is 10.1 Å². The molecule has 0 aliphatic carbocycles. The zero-order chi connectivity index (χ0) is 12.8. The van der Waals surface area contributed by atoms with E-state index in [9.17, 15) is 4.79 Å². The summed E-state index contributed by atoms with van der Waals surface area (Å²) in [6.07, 6.45) is 0. The average Bonchev–Trinajstić information content (AvgIpc) is 2.31. The van der Waals surface area contributed by atoms with Crippen LogP contribution in [0, 0.1) is 0 Å². The van der Waals surface area contributed by atoms with Crippen LogP contribution >= 0.6 is 0 Å². The van der Waals surface area contributed by atoms with E-state index in [1.54, 1.807) is 7.05 Å². The number of hydrogen-bond acceptors (Lipinski definition) is 3. The number of ether oxygens (including phenoxy) is 1. The summed E-state index contributed by atoms with van der Waals surface area (Å²) in [5.74, 6) is 0.270. The van der Waals surface area contributed by atoms with E-state index in [-0.39, 0.29) is 12.0 Å². The van der Waals surface area contributed by atoms with Gasteiger partial charge in [0, 0.05) is 0 Å². The largest absolute Gasteiger partial charge is 0.465 e. The predicted molar refractivity (Wildman–Crippen MR) is 69.0 cm³/mol. The molecule has 1 unspecified atom stereocenters. The lowest BCUT2D eigenvalue weighted by Gasteiger charge is -2.16. The van der Waals surface area contributed by atoms with Crippen LogP contribution in [0.2, 0.25) is 0 Å². The van der Waals surface area contributed by atoms with Gasteiger partial charge in [-0.3, -0.25) is 0 Å². The number of carbonyl (C=O) groups excluding carboxylic acids is 1. The summed E-state index contributed by atoms with van der Waals surface area (Å²) in [6, 6.07) is 7.70. The molecule has 94 valence electrons. The molecule has 0 heterocycles. The molecule has 1 aromatic rings. The molecule has 3 heteroatoms. The first-order valence-corrected chi connectivity index (χ1v) is 6.03. The molecule has 0 aromatic heterocycles. The molecule has 1 N–H and O–H groups in total. The van der Waals surface area contributed by atoms with Gasteiger partial charge in [0.1, 0.15) is 6.04 Å². The van der Waals surface area contributed by atoms with Gasteiger partial charge in [0.05, 0.1) is 6.61 Å². The Bertz CT molecular complexity index is 357. The molecule has 0 saturated carbocycles. The van der Waals surface area contributed by atoms with Crippen molar-refractivity contribution < 1.29 is 9.53 Å². The van der Waals surface area contributed by atoms with Gasteiger partial charge in [-0.2, -0.15) is 0 Å². The minimum absolute atomic E-state index is 0.229. The Morgan fingerprint density at radius 1 is 1.24 bits per heavy atom. The van der Waals surface area contributed by atoms with Crippen LogP contribution in [0.3, 0.4) is 0 Å². The van der Waals surface area contributed by atoms with Gasteiger partial charge >= 0.3 is 5.97 Å². The molecule has 1 atom stereocenters. The second-order valence-corrected chi connectivity index (χ2v) is 4.30. The highest BCUT2D eigenvalue weighted by atomic mass is 16.5. The third-order valence-electron chi connectivity index (χ3n) is 2.75. The molecular weight excluding hydrogens is 214 g/mol. The lowest BCUT2D eigenvalue weighted by molar-refractivity contribution is -0.145. The summed E-state index contributed by atoms with van der Waals surface area (Å²) in [4.78, 5) is 11.7. The second kappa shape index (κ2) is 6.40. The molecule has 17 heavy (non-hydrogen) atoms. The normalized spacial score (nSPS) is 12.5. The highest BCUT2D eigenvalue weighted by Crippen LogP contribution is 2.19. The van der Waals surface area contributed by atoms with E-state index in [0.717, 1.165) is 5.56 Å². The number of esters is 1. The molecule has 0 radical (unpaired) electrons. The molecule has 0 aliphatic rings. The summed E-state index contributed by atoms with van der Waals surface area (Å²) >= 11 is 0. The quantitative estimate of drug-likeness (QED) is 0.797. The number of nitrogens with one attached hydrogen (secondary N) is 1. The first kappa shape index (κ1) is 13.7. The van der Waals surface area contributed by atoms with Crippen LogP contribution in [-0.2, 0) is 9.53 Å². The van der Waals surface area contributed by atoms with E-state index in [1.165, 1.54) is 5.56 Å². The van der Waals surface area contributed by atoms with Crippen LogP contribution < -0.4 is 5.32 Å². The van der Waals surface area contributed by atoms with Gasteiger partial charge in [-0.25, -0.2) is 4.79 Å². The van der Waals surface area contributed by atoms with Gasteiger partial charge in [0.2, 0.25) is 0 Å². The van der Waals surface area contributed by atoms with Crippen LogP contribution in [0.15, 0.2) is 24.3 Å². The van der Waals surface area contributed by atoms with Crippen molar-refractivity contribution in [2.24, 2.45) is 0 Å². The topological polar surface area (TPSA) is 38.3 Å². The van der Waals surface area contributed by atoms with Crippen molar-refractivity contribution in [2.75, 3.05) is 13.7 Å². The van der Waals surface area contributed by atoms with Crippen LogP contribution in [0.4, 0.5) is 0 Å². The fourth-order valence-corrected chi connectivity index (χ4v) is 1.72. The van der Waals surface area contributed by atoms with E-state index < -0.39 is 0 Å². The van der Waals surface area contributed by atoms with Crippen LogP contribution in [0.25, 0.3) is 0 Å². The number of carbonyl (C=O) groups is 1. The fourth-order valence-electron chi connectivity index (χ4n) is 1.72. The average molecular weight is 235 g/mol. The number of rotatable bonds is 5. The smallest absolute Gasteiger partial charge is 0.327 e.